The molecule has 2 aliphatic heterocycles. The number of H-pyrrole nitrogens is 1. The number of nitrogens with one attached hydrogen (secondary N) is 2. The molecule has 15 heteroatoms. The highest BCUT2D eigenvalue weighted by Gasteiger charge is 2.44. The van der Waals surface area contributed by atoms with E-state index in [1.807, 2.05) is 38.1 Å². The summed E-state index contributed by atoms with van der Waals surface area (Å²) in [6.45, 7) is 5.58. The SMILES string of the molecule is CC(C)c1ccc(CO[C@H](C)[C@H](CCC(N)=O)NC(=O)[C@@H]2Cc3cccc4c3N2C(=O)[C@@H](CC(=O)c2cc3cc(C(=O)P(=O)(O)O)ccc3[nH]2)CC4)c(F)c1. The first-order chi connectivity index (χ1) is 26.0. The average molecular weight is 775 g/mol. The van der Waals surface area contributed by atoms with Gasteiger partial charge in [0, 0.05) is 47.2 Å². The van der Waals surface area contributed by atoms with Crippen LogP contribution in [0.4, 0.5) is 10.1 Å². The van der Waals surface area contributed by atoms with Crippen molar-refractivity contribution in [3.05, 3.63) is 100.0 Å². The molecule has 0 aliphatic carbocycles. The molecule has 0 spiro atoms. The van der Waals surface area contributed by atoms with Crippen molar-refractivity contribution >= 4 is 53.2 Å². The van der Waals surface area contributed by atoms with E-state index < -0.39 is 60.6 Å². The number of aryl methyl sites for hydroxylation is 1. The molecular weight excluding hydrogens is 730 g/mol. The fourth-order valence-corrected chi connectivity index (χ4v) is 7.86. The minimum absolute atomic E-state index is 0.0486. The van der Waals surface area contributed by atoms with Crippen LogP contribution in [0.25, 0.3) is 10.9 Å². The number of aromatic nitrogens is 1. The molecule has 55 heavy (non-hydrogen) atoms. The number of carbonyl (C=O) groups excluding carboxylic acids is 5. The van der Waals surface area contributed by atoms with Crippen LogP contribution in [-0.2, 0) is 43.1 Å². The summed E-state index contributed by atoms with van der Waals surface area (Å²) in [6, 6.07) is 14.4. The molecule has 2 aliphatic rings. The highest BCUT2D eigenvalue weighted by Crippen LogP contribution is 2.42. The number of halogens is 1. The van der Waals surface area contributed by atoms with E-state index in [0.717, 1.165) is 16.7 Å². The summed E-state index contributed by atoms with van der Waals surface area (Å²) in [5.74, 6) is -2.87. The largest absolute Gasteiger partial charge is 0.396 e. The Morgan fingerprint density at radius 2 is 1.80 bits per heavy atom. The van der Waals surface area contributed by atoms with Crippen LogP contribution >= 0.6 is 7.60 Å². The van der Waals surface area contributed by atoms with Crippen molar-refractivity contribution < 1.29 is 47.5 Å². The molecule has 4 atom stereocenters. The van der Waals surface area contributed by atoms with Gasteiger partial charge in [-0.3, -0.25) is 33.4 Å². The summed E-state index contributed by atoms with van der Waals surface area (Å²) < 4.78 is 32.4. The minimum atomic E-state index is -5.01. The highest BCUT2D eigenvalue weighted by atomic mass is 31.2. The minimum Gasteiger partial charge on any atom is -0.372 e. The Hall–Kier alpha value is -5.01. The maximum absolute atomic E-state index is 14.9. The number of nitrogens with two attached hydrogens (primary N) is 1. The Balaban J connectivity index is 1.19. The van der Waals surface area contributed by atoms with E-state index in [9.17, 15) is 42.7 Å². The van der Waals surface area contributed by atoms with Crippen molar-refractivity contribution in [2.45, 2.75) is 90.0 Å². The third kappa shape index (κ3) is 8.63. The molecule has 4 aromatic rings. The van der Waals surface area contributed by atoms with Gasteiger partial charge in [0.1, 0.15) is 11.9 Å². The van der Waals surface area contributed by atoms with Crippen molar-refractivity contribution in [1.29, 1.82) is 0 Å². The lowest BCUT2D eigenvalue weighted by Gasteiger charge is -2.31. The molecule has 0 saturated heterocycles. The molecule has 0 unspecified atom stereocenters. The van der Waals surface area contributed by atoms with Gasteiger partial charge in [-0.05, 0) is 79.1 Å². The number of benzene rings is 3. The fraction of sp³-hybridized carbons (Fsp3) is 0.375. The predicted octanol–water partition coefficient (Wildman–Crippen LogP) is 5.20. The number of aromatic amines is 1. The number of hydrogen-bond donors (Lipinski definition) is 5. The Morgan fingerprint density at radius 1 is 1.05 bits per heavy atom. The Morgan fingerprint density at radius 3 is 2.49 bits per heavy atom. The normalized spacial score (nSPS) is 17.9. The molecule has 3 amide bonds. The molecule has 0 bridgehead atoms. The molecular formula is C40H44FN4O9P. The second kappa shape index (κ2) is 16.0. The van der Waals surface area contributed by atoms with Crippen molar-refractivity contribution in [3.63, 3.8) is 0 Å². The standard InChI is InChI=1S/C40H44FN4O9P/c1-21(2)24-8-10-28(30(41)16-24)20-54-22(3)31(13-14-36(42)47)44-38(48)34-18-25-6-4-5-23-7-9-26(39(49)45(34)37(23)25)19-35(46)33-17-29-15-27(11-12-32(29)43-33)40(50)55(51,52)53/h4-6,8,10-12,15-17,21-22,26,31,34,43H,7,9,13-14,18-20H2,1-3H3,(H2,42,47)(H,44,48)(H2,51,52,53)/t22-,26-,31+,34+/m1/s1. The molecule has 6 N–H and O–H groups in total. The molecule has 290 valence electrons. The molecule has 6 rings (SSSR count). The zero-order chi connectivity index (χ0) is 39.8. The lowest BCUT2D eigenvalue weighted by Crippen LogP contribution is -2.54. The topological polar surface area (TPSA) is 209 Å². The predicted molar refractivity (Wildman–Crippen MR) is 202 cm³/mol. The first-order valence-electron chi connectivity index (χ1n) is 18.2. The number of nitrogens with zero attached hydrogens (tertiary/aromatic N) is 1. The summed E-state index contributed by atoms with van der Waals surface area (Å²) >= 11 is 0. The lowest BCUT2D eigenvalue weighted by molar-refractivity contribution is -0.129. The number of carbonyl (C=O) groups is 5. The van der Waals surface area contributed by atoms with E-state index in [0.29, 0.717) is 35.0 Å². The summed E-state index contributed by atoms with van der Waals surface area (Å²) in [5, 5.41) is 3.38. The molecule has 1 aromatic heterocycles. The molecule has 3 aromatic carbocycles. The molecule has 0 fully saturated rings. The number of amides is 3. The zero-order valence-electron chi connectivity index (χ0n) is 30.7. The van der Waals surface area contributed by atoms with Crippen LogP contribution < -0.4 is 16.0 Å². The summed E-state index contributed by atoms with van der Waals surface area (Å²) in [5.41, 5.74) is 8.08. The number of rotatable bonds is 15. The summed E-state index contributed by atoms with van der Waals surface area (Å²) in [6.07, 6.45) is 0.297. The second-order valence-corrected chi connectivity index (χ2v) is 16.2. The molecule has 0 radical (unpaired) electrons. The van der Waals surface area contributed by atoms with Gasteiger partial charge >= 0.3 is 7.60 Å². The maximum Gasteiger partial charge on any atom is 0.396 e. The van der Waals surface area contributed by atoms with Crippen molar-refractivity contribution in [3.8, 4) is 0 Å². The second-order valence-electron chi connectivity index (χ2n) is 14.7. The number of hydrogen-bond acceptors (Lipinski definition) is 7. The van der Waals surface area contributed by atoms with E-state index in [-0.39, 0.29) is 55.4 Å². The van der Waals surface area contributed by atoms with Gasteiger partial charge in [-0.25, -0.2) is 4.39 Å². The molecule has 3 heterocycles. The summed E-state index contributed by atoms with van der Waals surface area (Å²) in [4.78, 5) is 89.2. The smallest absolute Gasteiger partial charge is 0.372 e. The van der Waals surface area contributed by atoms with Crippen LogP contribution in [0.5, 0.6) is 0 Å². The third-order valence-electron chi connectivity index (χ3n) is 10.5. The van der Waals surface area contributed by atoms with Crippen LogP contribution in [0.2, 0.25) is 0 Å². The van der Waals surface area contributed by atoms with Crippen molar-refractivity contribution in [1.82, 2.24) is 10.3 Å². The number of para-hydroxylation sites is 1. The van der Waals surface area contributed by atoms with Crippen LogP contribution in [0.3, 0.4) is 0 Å². The van der Waals surface area contributed by atoms with Crippen LogP contribution in [0.15, 0.2) is 60.7 Å². The number of Topliss-reactive ketones (excluding diaryl/α,β-unsaturated/α-hetero) is 1. The van der Waals surface area contributed by atoms with Gasteiger partial charge in [-0.15, -0.1) is 0 Å². The van der Waals surface area contributed by atoms with E-state index >= 15 is 0 Å². The van der Waals surface area contributed by atoms with Crippen LogP contribution in [-0.4, -0.2) is 62.0 Å². The third-order valence-corrected chi connectivity index (χ3v) is 11.3. The zero-order valence-corrected chi connectivity index (χ0v) is 31.6. The van der Waals surface area contributed by atoms with Gasteiger partial charge < -0.3 is 30.6 Å². The Bertz CT molecular complexity index is 2230. The number of ketones is 1. The average Bonchev–Trinajstić information content (AvgIpc) is 3.72. The summed E-state index contributed by atoms with van der Waals surface area (Å²) in [7, 11) is -5.01. The van der Waals surface area contributed by atoms with Crippen molar-refractivity contribution in [2.24, 2.45) is 11.7 Å². The van der Waals surface area contributed by atoms with Crippen molar-refractivity contribution in [2.75, 3.05) is 4.90 Å². The van der Waals surface area contributed by atoms with E-state index in [1.165, 1.54) is 35.2 Å². The van der Waals surface area contributed by atoms with E-state index in [1.54, 1.807) is 13.0 Å². The van der Waals surface area contributed by atoms with Gasteiger partial charge in [-0.1, -0.05) is 44.2 Å². The van der Waals surface area contributed by atoms with E-state index in [2.05, 4.69) is 10.3 Å². The number of ether oxygens (including phenoxy) is 1. The maximum atomic E-state index is 14.9. The van der Waals surface area contributed by atoms with Crippen LogP contribution in [0, 0.1) is 11.7 Å². The van der Waals surface area contributed by atoms with Gasteiger partial charge in [0.25, 0.3) is 5.52 Å². The van der Waals surface area contributed by atoms with Gasteiger partial charge in [-0.2, -0.15) is 0 Å². The first kappa shape index (κ1) is 39.7. The Labute approximate surface area is 317 Å². The van der Waals surface area contributed by atoms with Gasteiger partial charge in [0.15, 0.2) is 5.78 Å². The fourth-order valence-electron chi connectivity index (χ4n) is 7.38. The van der Waals surface area contributed by atoms with E-state index in [4.69, 9.17) is 10.5 Å². The molecule has 0 saturated carbocycles. The number of primary amides is 1. The van der Waals surface area contributed by atoms with Gasteiger partial charge in [0.05, 0.1) is 30.1 Å². The lowest BCUT2D eigenvalue weighted by atomic mass is 9.93. The van der Waals surface area contributed by atoms with Gasteiger partial charge in [0.2, 0.25) is 17.7 Å². The monoisotopic (exact) mass is 774 g/mol. The first-order valence-corrected chi connectivity index (χ1v) is 19.8. The number of anilines is 1. The highest BCUT2D eigenvalue weighted by molar-refractivity contribution is 7.70. The van der Waals surface area contributed by atoms with Crippen LogP contribution in [0.1, 0.15) is 95.5 Å². The Kier molecular flexibility index (Phi) is 11.5. The number of fused-ring (bicyclic) bond motifs is 1. The quantitative estimate of drug-likeness (QED) is 0.0794. The molecule has 13 nitrogen and oxygen atoms in total.